The zero-order valence-corrected chi connectivity index (χ0v) is 20.2. The van der Waals surface area contributed by atoms with E-state index in [2.05, 4.69) is 32.2 Å². The van der Waals surface area contributed by atoms with Gasteiger partial charge in [-0.05, 0) is 46.0 Å². The van der Waals surface area contributed by atoms with Crippen LogP contribution < -0.4 is 10.9 Å². The molecule has 1 aliphatic heterocycles. The largest absolute Gasteiger partial charge is 0.350 e. The Morgan fingerprint density at radius 1 is 1.15 bits per heavy atom. The van der Waals surface area contributed by atoms with Crippen LogP contribution in [-0.4, -0.2) is 55.6 Å². The third-order valence-corrected chi connectivity index (χ3v) is 6.59. The van der Waals surface area contributed by atoms with Crippen LogP contribution >= 0.6 is 11.6 Å². The average molecular weight is 476 g/mol. The van der Waals surface area contributed by atoms with Gasteiger partial charge >= 0.3 is 0 Å². The molecular formula is C25H26ClN7O. The van der Waals surface area contributed by atoms with Crippen molar-refractivity contribution in [3.63, 3.8) is 0 Å². The van der Waals surface area contributed by atoms with Gasteiger partial charge in [-0.3, -0.25) is 19.3 Å². The summed E-state index contributed by atoms with van der Waals surface area (Å²) in [4.78, 5) is 33.7. The van der Waals surface area contributed by atoms with Crippen molar-refractivity contribution >= 4 is 28.6 Å². The van der Waals surface area contributed by atoms with E-state index in [-0.39, 0.29) is 5.56 Å². The fourth-order valence-electron chi connectivity index (χ4n) is 4.52. The summed E-state index contributed by atoms with van der Waals surface area (Å²) in [6, 6.07) is 7.74. The third-order valence-electron chi connectivity index (χ3n) is 6.28. The number of halogens is 1. The number of likely N-dealkylation sites (tertiary alicyclic amines) is 1. The first kappa shape index (κ1) is 22.4. The zero-order valence-electron chi connectivity index (χ0n) is 19.4. The summed E-state index contributed by atoms with van der Waals surface area (Å²) in [7, 11) is 2.10. The molecule has 0 unspecified atom stereocenters. The smallest absolute Gasteiger partial charge is 0.260 e. The topological polar surface area (TPSA) is 88.8 Å². The van der Waals surface area contributed by atoms with Gasteiger partial charge in [-0.2, -0.15) is 4.98 Å². The number of likely N-dealkylation sites (N-methyl/N-ethyl adjacent to an activating group) is 1. The molecule has 1 fully saturated rings. The van der Waals surface area contributed by atoms with E-state index in [1.54, 1.807) is 23.2 Å². The second-order valence-electron chi connectivity index (χ2n) is 8.66. The van der Waals surface area contributed by atoms with E-state index in [0.29, 0.717) is 40.3 Å². The molecule has 4 aromatic rings. The van der Waals surface area contributed by atoms with Gasteiger partial charge in [-0.1, -0.05) is 23.7 Å². The Bertz CT molecular complexity index is 1430. The summed E-state index contributed by atoms with van der Waals surface area (Å²) in [5.41, 5.74) is 4.10. The molecule has 1 aromatic carbocycles. The number of pyridine rings is 1. The van der Waals surface area contributed by atoms with E-state index in [4.69, 9.17) is 16.6 Å². The van der Waals surface area contributed by atoms with E-state index < -0.39 is 0 Å². The number of aromatic nitrogens is 5. The van der Waals surface area contributed by atoms with Crippen LogP contribution in [0.2, 0.25) is 5.02 Å². The monoisotopic (exact) mass is 475 g/mol. The summed E-state index contributed by atoms with van der Waals surface area (Å²) in [5, 5.41) is 4.67. The van der Waals surface area contributed by atoms with E-state index in [1.807, 2.05) is 38.1 Å². The Morgan fingerprint density at radius 2 is 1.97 bits per heavy atom. The fraction of sp³-hybridized carbons (Fsp3) is 0.320. The van der Waals surface area contributed by atoms with Crippen molar-refractivity contribution in [1.82, 2.24) is 29.4 Å². The lowest BCUT2D eigenvalue weighted by Crippen LogP contribution is -2.26. The van der Waals surface area contributed by atoms with Gasteiger partial charge in [0.25, 0.3) is 5.56 Å². The number of benzene rings is 1. The number of aryl methyl sites for hydroxylation is 2. The molecule has 1 N–H and O–H groups in total. The summed E-state index contributed by atoms with van der Waals surface area (Å²) >= 11 is 6.68. The highest BCUT2D eigenvalue weighted by Crippen LogP contribution is 2.32. The molecule has 8 nitrogen and oxygen atoms in total. The highest BCUT2D eigenvalue weighted by Gasteiger charge is 2.21. The number of hydrogen-bond acceptors (Lipinski definition) is 7. The normalized spacial score (nSPS) is 16.3. The molecule has 9 heteroatoms. The molecule has 1 aliphatic rings. The maximum atomic E-state index is 13.5. The Morgan fingerprint density at radius 3 is 2.68 bits per heavy atom. The number of nitrogens with zero attached hydrogens (tertiary/aromatic N) is 6. The van der Waals surface area contributed by atoms with Crippen LogP contribution in [0.3, 0.4) is 0 Å². The Balaban J connectivity index is 1.55. The lowest BCUT2D eigenvalue weighted by atomic mass is 10.0. The molecule has 0 spiro atoms. The Hall–Kier alpha value is -3.36. The van der Waals surface area contributed by atoms with Crippen molar-refractivity contribution in [2.75, 3.05) is 25.5 Å². The first-order valence-corrected chi connectivity index (χ1v) is 11.8. The molecule has 1 saturated heterocycles. The lowest BCUT2D eigenvalue weighted by Gasteiger charge is -2.15. The highest BCUT2D eigenvalue weighted by atomic mass is 35.5. The summed E-state index contributed by atoms with van der Waals surface area (Å²) < 4.78 is 1.68. The van der Waals surface area contributed by atoms with Gasteiger partial charge in [0.1, 0.15) is 5.65 Å². The van der Waals surface area contributed by atoms with Crippen molar-refractivity contribution < 1.29 is 0 Å². The van der Waals surface area contributed by atoms with Gasteiger partial charge in [0.2, 0.25) is 5.95 Å². The summed E-state index contributed by atoms with van der Waals surface area (Å²) in [5.74, 6) is 0.545. The van der Waals surface area contributed by atoms with E-state index in [9.17, 15) is 4.79 Å². The van der Waals surface area contributed by atoms with E-state index >= 15 is 0 Å². The standard InChI is InChI=1S/C25H26ClN7O/c1-4-33-23-17(13-29-25(31-23)30-18-7-10-32(3)14-18)11-20(24(33)34)19-6-5-16(12-21(19)26)22-15(2)27-8-9-28-22/h5-6,8-9,11-13,18H,4,7,10,14H2,1-3H3,(H,29,30,31)/t18-/m1/s1. The number of anilines is 1. The number of nitrogens with one attached hydrogen (secondary N) is 1. The van der Waals surface area contributed by atoms with E-state index in [1.165, 1.54) is 0 Å². The summed E-state index contributed by atoms with van der Waals surface area (Å²) in [6.45, 7) is 6.32. The van der Waals surface area contributed by atoms with Crippen LogP contribution in [0.5, 0.6) is 0 Å². The van der Waals surface area contributed by atoms with Gasteiger partial charge in [0.15, 0.2) is 0 Å². The molecule has 0 radical (unpaired) electrons. The molecule has 4 heterocycles. The third kappa shape index (κ3) is 4.15. The summed E-state index contributed by atoms with van der Waals surface area (Å²) in [6.07, 6.45) is 6.12. The molecule has 34 heavy (non-hydrogen) atoms. The zero-order chi connectivity index (χ0) is 23.8. The minimum absolute atomic E-state index is 0.134. The van der Waals surface area contributed by atoms with Crippen LogP contribution in [-0.2, 0) is 6.54 Å². The minimum atomic E-state index is -0.134. The number of hydrogen-bond donors (Lipinski definition) is 1. The second kappa shape index (κ2) is 9.12. The first-order chi connectivity index (χ1) is 16.4. The minimum Gasteiger partial charge on any atom is -0.350 e. The van der Waals surface area contributed by atoms with Gasteiger partial charge in [0.05, 0.1) is 11.4 Å². The van der Waals surface area contributed by atoms with Gasteiger partial charge in [-0.15, -0.1) is 0 Å². The van der Waals surface area contributed by atoms with Gasteiger partial charge in [-0.25, -0.2) is 4.98 Å². The van der Waals surface area contributed by atoms with Crippen LogP contribution in [0.25, 0.3) is 33.4 Å². The Kier molecular flexibility index (Phi) is 6.02. The quantitative estimate of drug-likeness (QED) is 0.466. The molecular weight excluding hydrogens is 450 g/mol. The average Bonchev–Trinajstić information content (AvgIpc) is 3.23. The Labute approximate surface area is 202 Å². The van der Waals surface area contributed by atoms with Crippen LogP contribution in [0.4, 0.5) is 5.95 Å². The first-order valence-electron chi connectivity index (χ1n) is 11.4. The van der Waals surface area contributed by atoms with Crippen molar-refractivity contribution in [3.8, 4) is 22.4 Å². The second-order valence-corrected chi connectivity index (χ2v) is 9.06. The molecule has 0 saturated carbocycles. The van der Waals surface area contributed by atoms with Gasteiger partial charge in [0, 0.05) is 64.8 Å². The van der Waals surface area contributed by atoms with Crippen LogP contribution in [0, 0.1) is 6.92 Å². The number of rotatable bonds is 5. The molecule has 0 aliphatic carbocycles. The highest BCUT2D eigenvalue weighted by molar-refractivity contribution is 6.33. The predicted octanol–water partition coefficient (Wildman–Crippen LogP) is 4.01. The van der Waals surface area contributed by atoms with Crippen molar-refractivity contribution in [1.29, 1.82) is 0 Å². The maximum Gasteiger partial charge on any atom is 0.260 e. The molecule has 5 rings (SSSR count). The SMILES string of the molecule is CCn1c(=O)c(-c2ccc(-c3nccnc3C)cc2Cl)cc2cnc(N[C@@H]3CCN(C)C3)nc21. The molecule has 3 aromatic heterocycles. The van der Waals surface area contributed by atoms with Crippen LogP contribution in [0.1, 0.15) is 19.0 Å². The van der Waals surface area contributed by atoms with Crippen molar-refractivity contribution in [2.24, 2.45) is 0 Å². The van der Waals surface area contributed by atoms with E-state index in [0.717, 1.165) is 41.8 Å². The predicted molar refractivity (Wildman–Crippen MR) is 135 cm³/mol. The molecule has 0 amide bonds. The van der Waals surface area contributed by atoms with Crippen molar-refractivity contribution in [2.45, 2.75) is 32.9 Å². The molecule has 174 valence electrons. The molecule has 0 bridgehead atoms. The number of fused-ring (bicyclic) bond motifs is 1. The van der Waals surface area contributed by atoms with Crippen LogP contribution in [0.15, 0.2) is 47.7 Å². The van der Waals surface area contributed by atoms with Gasteiger partial charge < -0.3 is 10.2 Å². The van der Waals surface area contributed by atoms with Crippen molar-refractivity contribution in [3.05, 3.63) is 63.9 Å². The molecule has 1 atom stereocenters. The maximum absolute atomic E-state index is 13.5. The fourth-order valence-corrected chi connectivity index (χ4v) is 4.80. The lowest BCUT2D eigenvalue weighted by molar-refractivity contribution is 0.414.